The molecule has 0 unspecified atom stereocenters. The van der Waals surface area contributed by atoms with Gasteiger partial charge < -0.3 is 10.4 Å². The number of nitrogens with zero attached hydrogens (tertiary/aromatic N) is 6. The predicted molar refractivity (Wildman–Crippen MR) is 145 cm³/mol. The van der Waals surface area contributed by atoms with Gasteiger partial charge in [-0.2, -0.15) is 23.3 Å². The quantitative estimate of drug-likeness (QED) is 0.418. The Labute approximate surface area is 227 Å². The Bertz CT molecular complexity index is 1230. The molecule has 3 aromatic rings. The number of halogens is 3. The Hall–Kier alpha value is -2.76. The third-order valence-electron chi connectivity index (χ3n) is 7.92. The van der Waals surface area contributed by atoms with Crippen LogP contribution in [-0.2, 0) is 6.54 Å². The topological polar surface area (TPSA) is 82.3 Å². The number of alkyl halides is 3. The molecule has 0 radical (unpaired) electrons. The highest BCUT2D eigenvalue weighted by molar-refractivity contribution is 5.91. The molecule has 1 saturated carbocycles. The standard InChI is InChI=1S/C28H38F3N7O/c1-19(2)37-15-13-36(14-16-37)18-20-3-5-21(6-4-20)25-24-17-33-27(32-12-11-28(29,30)31)34-26(24)38(35-25)22-7-9-23(39)10-8-22/h3-6,17,19,22-23,39H,7-16,18H2,1-2H3,(H,32,33,34)/t22-,23-. The maximum Gasteiger partial charge on any atom is 0.390 e. The minimum Gasteiger partial charge on any atom is -0.393 e. The van der Waals surface area contributed by atoms with Crippen molar-refractivity contribution in [1.82, 2.24) is 29.5 Å². The summed E-state index contributed by atoms with van der Waals surface area (Å²) >= 11 is 0. The zero-order valence-electron chi connectivity index (χ0n) is 22.7. The van der Waals surface area contributed by atoms with Gasteiger partial charge in [0.25, 0.3) is 0 Å². The lowest BCUT2D eigenvalue weighted by atomic mass is 9.93. The smallest absolute Gasteiger partial charge is 0.390 e. The highest BCUT2D eigenvalue weighted by Gasteiger charge is 2.28. The fraction of sp³-hybridized carbons (Fsp3) is 0.607. The number of benzene rings is 1. The Kier molecular flexibility index (Phi) is 8.39. The SMILES string of the molecule is CC(C)N1CCN(Cc2ccc(-c3nn([C@H]4CC[C@H](O)CC4)c4nc(NCCC(F)(F)F)ncc34)cc2)CC1. The summed E-state index contributed by atoms with van der Waals surface area (Å²) in [6.45, 7) is 9.39. The summed E-state index contributed by atoms with van der Waals surface area (Å²) in [5.74, 6) is 0.156. The predicted octanol–water partition coefficient (Wildman–Crippen LogP) is 4.86. The summed E-state index contributed by atoms with van der Waals surface area (Å²) in [7, 11) is 0. The van der Waals surface area contributed by atoms with Gasteiger partial charge >= 0.3 is 6.18 Å². The number of aliphatic hydroxyl groups is 1. The number of hydrogen-bond acceptors (Lipinski definition) is 7. The van der Waals surface area contributed by atoms with Crippen LogP contribution in [0.1, 0.15) is 57.6 Å². The van der Waals surface area contributed by atoms with E-state index < -0.39 is 12.6 Å². The van der Waals surface area contributed by atoms with Crippen molar-refractivity contribution in [2.24, 2.45) is 0 Å². The maximum atomic E-state index is 12.6. The van der Waals surface area contributed by atoms with E-state index in [0.717, 1.165) is 62.2 Å². The molecule has 2 fully saturated rings. The Balaban J connectivity index is 1.36. The van der Waals surface area contributed by atoms with Crippen molar-refractivity contribution in [3.8, 4) is 11.3 Å². The van der Waals surface area contributed by atoms with E-state index in [9.17, 15) is 18.3 Å². The van der Waals surface area contributed by atoms with Crippen molar-refractivity contribution in [3.05, 3.63) is 36.0 Å². The van der Waals surface area contributed by atoms with Gasteiger partial charge in [-0.25, -0.2) is 9.67 Å². The summed E-state index contributed by atoms with van der Waals surface area (Å²) in [6.07, 6.45) is -0.966. The lowest BCUT2D eigenvalue weighted by Gasteiger charge is -2.36. The Morgan fingerprint density at radius 2 is 1.72 bits per heavy atom. The first-order valence-corrected chi connectivity index (χ1v) is 14.0. The van der Waals surface area contributed by atoms with E-state index in [1.165, 1.54) is 5.56 Å². The number of anilines is 1. The van der Waals surface area contributed by atoms with E-state index in [2.05, 4.69) is 63.2 Å². The van der Waals surface area contributed by atoms with Gasteiger partial charge in [-0.15, -0.1) is 0 Å². The van der Waals surface area contributed by atoms with Gasteiger partial charge in [0.1, 0.15) is 5.69 Å². The molecule has 5 rings (SSSR count). The van der Waals surface area contributed by atoms with Crippen LogP contribution in [0.2, 0.25) is 0 Å². The molecule has 212 valence electrons. The van der Waals surface area contributed by atoms with Crippen LogP contribution in [0.15, 0.2) is 30.5 Å². The van der Waals surface area contributed by atoms with Gasteiger partial charge in [-0.3, -0.25) is 9.80 Å². The molecule has 1 aromatic carbocycles. The Morgan fingerprint density at radius 1 is 1.03 bits per heavy atom. The average Bonchev–Trinajstić information content (AvgIpc) is 3.28. The lowest BCUT2D eigenvalue weighted by Crippen LogP contribution is -2.48. The molecule has 0 amide bonds. The van der Waals surface area contributed by atoms with Crippen LogP contribution in [0.4, 0.5) is 19.1 Å². The second-order valence-corrected chi connectivity index (χ2v) is 11.1. The molecule has 3 heterocycles. The maximum absolute atomic E-state index is 12.6. The number of rotatable bonds is 8. The van der Waals surface area contributed by atoms with E-state index >= 15 is 0 Å². The monoisotopic (exact) mass is 545 g/mol. The first-order chi connectivity index (χ1) is 18.7. The van der Waals surface area contributed by atoms with Crippen LogP contribution in [0.3, 0.4) is 0 Å². The van der Waals surface area contributed by atoms with Gasteiger partial charge in [-0.1, -0.05) is 24.3 Å². The zero-order chi connectivity index (χ0) is 27.6. The number of fused-ring (bicyclic) bond motifs is 1. The molecule has 39 heavy (non-hydrogen) atoms. The average molecular weight is 546 g/mol. The van der Waals surface area contributed by atoms with Crippen LogP contribution in [0.5, 0.6) is 0 Å². The fourth-order valence-corrected chi connectivity index (χ4v) is 5.56. The molecule has 2 N–H and O–H groups in total. The number of nitrogens with one attached hydrogen (secondary N) is 1. The molecule has 11 heteroatoms. The second-order valence-electron chi connectivity index (χ2n) is 11.1. The summed E-state index contributed by atoms with van der Waals surface area (Å²) in [5, 5.41) is 18.4. The lowest BCUT2D eigenvalue weighted by molar-refractivity contribution is -0.131. The minimum absolute atomic E-state index is 0.0614. The highest BCUT2D eigenvalue weighted by Crippen LogP contribution is 2.34. The molecule has 1 aliphatic heterocycles. The molecule has 0 atom stereocenters. The van der Waals surface area contributed by atoms with E-state index in [4.69, 9.17) is 5.10 Å². The fourth-order valence-electron chi connectivity index (χ4n) is 5.56. The number of piperazine rings is 1. The third-order valence-corrected chi connectivity index (χ3v) is 7.92. The molecule has 1 saturated heterocycles. The number of hydrogen-bond donors (Lipinski definition) is 2. The minimum atomic E-state index is -4.25. The third kappa shape index (κ3) is 6.88. The molecule has 8 nitrogen and oxygen atoms in total. The molecule has 1 aliphatic carbocycles. The van der Waals surface area contributed by atoms with E-state index in [1.807, 2.05) is 4.68 Å². The number of aromatic nitrogens is 4. The van der Waals surface area contributed by atoms with Crippen LogP contribution >= 0.6 is 0 Å². The second kappa shape index (κ2) is 11.8. The van der Waals surface area contributed by atoms with Crippen molar-refractivity contribution in [1.29, 1.82) is 0 Å². The van der Waals surface area contributed by atoms with Gasteiger partial charge in [0.15, 0.2) is 5.65 Å². The van der Waals surface area contributed by atoms with E-state index in [-0.39, 0.29) is 24.6 Å². The van der Waals surface area contributed by atoms with Crippen molar-refractivity contribution < 1.29 is 18.3 Å². The first-order valence-electron chi connectivity index (χ1n) is 14.0. The summed E-state index contributed by atoms with van der Waals surface area (Å²) < 4.78 is 39.8. The number of aliphatic hydroxyl groups excluding tert-OH is 1. The summed E-state index contributed by atoms with van der Waals surface area (Å²) in [4.78, 5) is 13.9. The Morgan fingerprint density at radius 3 is 2.36 bits per heavy atom. The molecule has 2 aromatic heterocycles. The molecule has 0 bridgehead atoms. The van der Waals surface area contributed by atoms with Crippen LogP contribution in [0.25, 0.3) is 22.3 Å². The highest BCUT2D eigenvalue weighted by atomic mass is 19.4. The van der Waals surface area contributed by atoms with Gasteiger partial charge in [-0.05, 0) is 45.1 Å². The first kappa shape index (κ1) is 27.8. The molecular formula is C28H38F3N7O. The van der Waals surface area contributed by atoms with Gasteiger partial charge in [0.2, 0.25) is 5.95 Å². The molecule has 2 aliphatic rings. The van der Waals surface area contributed by atoms with Crippen LogP contribution < -0.4 is 5.32 Å². The van der Waals surface area contributed by atoms with Crippen molar-refractivity contribution in [3.63, 3.8) is 0 Å². The summed E-state index contributed by atoms with van der Waals surface area (Å²) in [5.41, 5.74) is 3.55. The zero-order valence-corrected chi connectivity index (χ0v) is 22.7. The normalized spacial score (nSPS) is 21.6. The van der Waals surface area contributed by atoms with E-state index in [1.54, 1.807) is 6.20 Å². The molecular weight excluding hydrogens is 507 g/mol. The van der Waals surface area contributed by atoms with Gasteiger partial charge in [0, 0.05) is 57.1 Å². The van der Waals surface area contributed by atoms with Crippen molar-refractivity contribution in [2.75, 3.05) is 38.0 Å². The van der Waals surface area contributed by atoms with Crippen molar-refractivity contribution in [2.45, 2.75) is 76.9 Å². The summed E-state index contributed by atoms with van der Waals surface area (Å²) in [6, 6.07) is 9.07. The molecule has 0 spiro atoms. The van der Waals surface area contributed by atoms with Crippen LogP contribution in [-0.4, -0.2) is 85.7 Å². The van der Waals surface area contributed by atoms with Gasteiger partial charge in [0.05, 0.1) is 24.0 Å². The largest absolute Gasteiger partial charge is 0.393 e. The van der Waals surface area contributed by atoms with Crippen molar-refractivity contribution >= 4 is 17.0 Å². The van der Waals surface area contributed by atoms with Crippen LogP contribution in [0, 0.1) is 0 Å². The van der Waals surface area contributed by atoms with E-state index in [0.29, 0.717) is 24.5 Å².